The fraction of sp³-hybridized carbons (Fsp3) is 0.438. The van der Waals surface area contributed by atoms with Gasteiger partial charge in [-0.25, -0.2) is 4.39 Å². The quantitative estimate of drug-likeness (QED) is 0.852. The molecule has 1 atom stereocenters. The van der Waals surface area contributed by atoms with Crippen LogP contribution in [0.4, 0.5) is 4.39 Å². The van der Waals surface area contributed by atoms with Gasteiger partial charge in [-0.2, -0.15) is 0 Å². The van der Waals surface area contributed by atoms with Gasteiger partial charge in [0.05, 0.1) is 6.04 Å². The third kappa shape index (κ3) is 2.61. The lowest BCUT2D eigenvalue weighted by molar-refractivity contribution is 0.189. The molecule has 0 aliphatic carbocycles. The maximum absolute atomic E-state index is 14.3. The Balaban J connectivity index is 1.96. The highest BCUT2D eigenvalue weighted by Crippen LogP contribution is 2.33. The van der Waals surface area contributed by atoms with Crippen molar-refractivity contribution in [3.63, 3.8) is 0 Å². The number of rotatable bonds is 1. The number of nitrogens with zero attached hydrogens (tertiary/aromatic N) is 2. The normalized spacial score (nSPS) is 25.4. The van der Waals surface area contributed by atoms with Crippen molar-refractivity contribution in [2.24, 2.45) is 10.9 Å². The van der Waals surface area contributed by atoms with Crippen LogP contribution in [-0.2, 0) is 0 Å². The molecular formula is C16H20FN3. The molecule has 0 spiro atoms. The molecule has 106 valence electrons. The van der Waals surface area contributed by atoms with Crippen molar-refractivity contribution in [3.8, 4) is 0 Å². The van der Waals surface area contributed by atoms with E-state index in [0.29, 0.717) is 5.92 Å². The first-order valence-electron chi connectivity index (χ1n) is 7.17. The van der Waals surface area contributed by atoms with E-state index in [9.17, 15) is 4.39 Å². The Kier molecular flexibility index (Phi) is 3.83. The van der Waals surface area contributed by atoms with Crippen molar-refractivity contribution in [2.75, 3.05) is 20.1 Å². The summed E-state index contributed by atoms with van der Waals surface area (Å²) in [5.41, 5.74) is 1.64. The molecule has 4 heteroatoms. The summed E-state index contributed by atoms with van der Waals surface area (Å²) in [6, 6.07) is 5.26. The maximum Gasteiger partial charge on any atom is 0.129 e. The molecule has 1 fully saturated rings. The zero-order chi connectivity index (χ0) is 13.9. The Morgan fingerprint density at radius 3 is 2.90 bits per heavy atom. The molecule has 0 bridgehead atoms. The van der Waals surface area contributed by atoms with Crippen LogP contribution in [-0.4, -0.2) is 31.3 Å². The summed E-state index contributed by atoms with van der Waals surface area (Å²) in [4.78, 5) is 6.49. The number of likely N-dealkylation sites (tertiary alicyclic amines) is 1. The number of hydrogen-bond acceptors (Lipinski definition) is 3. The van der Waals surface area contributed by atoms with Gasteiger partial charge >= 0.3 is 0 Å². The SMILES string of the molecule is CN1CCC(C2N/C=C\N=Cc3cccc(F)c32)CC1. The topological polar surface area (TPSA) is 27.6 Å². The van der Waals surface area contributed by atoms with Crippen molar-refractivity contribution < 1.29 is 4.39 Å². The van der Waals surface area contributed by atoms with E-state index in [1.54, 1.807) is 24.5 Å². The van der Waals surface area contributed by atoms with Crippen molar-refractivity contribution in [2.45, 2.75) is 18.9 Å². The lowest BCUT2D eigenvalue weighted by Crippen LogP contribution is -2.37. The van der Waals surface area contributed by atoms with Gasteiger partial charge in [-0.05, 0) is 45.0 Å². The number of halogens is 1. The zero-order valence-corrected chi connectivity index (χ0v) is 11.7. The molecule has 1 aromatic rings. The maximum atomic E-state index is 14.3. The standard InChI is InChI=1S/C16H20FN3/c1-20-9-5-12(6-10-20)16-15-13(3-2-4-14(15)17)11-18-7-8-19-16/h2-4,7-8,11-12,16,19H,5-6,9-10H2,1H3/b8-7-,18-11?. The van der Waals surface area contributed by atoms with Crippen LogP contribution in [0, 0.1) is 11.7 Å². The Labute approximate surface area is 119 Å². The van der Waals surface area contributed by atoms with E-state index in [4.69, 9.17) is 0 Å². The molecule has 3 nitrogen and oxygen atoms in total. The molecule has 1 saturated heterocycles. The molecule has 2 heterocycles. The van der Waals surface area contributed by atoms with Crippen LogP contribution < -0.4 is 5.32 Å². The van der Waals surface area contributed by atoms with Crippen LogP contribution in [0.2, 0.25) is 0 Å². The van der Waals surface area contributed by atoms with Gasteiger partial charge in [-0.3, -0.25) is 4.99 Å². The molecule has 0 saturated carbocycles. The number of nitrogens with one attached hydrogen (secondary N) is 1. The van der Waals surface area contributed by atoms with E-state index in [-0.39, 0.29) is 11.9 Å². The zero-order valence-electron chi connectivity index (χ0n) is 11.7. The van der Waals surface area contributed by atoms with Crippen molar-refractivity contribution in [1.82, 2.24) is 10.2 Å². The predicted molar refractivity (Wildman–Crippen MR) is 79.2 cm³/mol. The molecule has 20 heavy (non-hydrogen) atoms. The Morgan fingerprint density at radius 1 is 1.30 bits per heavy atom. The summed E-state index contributed by atoms with van der Waals surface area (Å²) < 4.78 is 14.3. The largest absolute Gasteiger partial charge is 0.382 e. The molecule has 0 aromatic heterocycles. The van der Waals surface area contributed by atoms with E-state index < -0.39 is 0 Å². The van der Waals surface area contributed by atoms with Crippen molar-refractivity contribution in [3.05, 3.63) is 47.5 Å². The smallest absolute Gasteiger partial charge is 0.129 e. The summed E-state index contributed by atoms with van der Waals surface area (Å²) in [6.45, 7) is 2.15. The van der Waals surface area contributed by atoms with Gasteiger partial charge in [0.1, 0.15) is 5.82 Å². The Morgan fingerprint density at radius 2 is 2.10 bits per heavy atom. The number of piperidine rings is 1. The number of benzene rings is 1. The molecule has 1 N–H and O–H groups in total. The van der Waals surface area contributed by atoms with Crippen LogP contribution in [0.15, 0.2) is 35.6 Å². The van der Waals surface area contributed by atoms with Gasteiger partial charge in [0.25, 0.3) is 0 Å². The monoisotopic (exact) mass is 273 g/mol. The van der Waals surface area contributed by atoms with E-state index in [1.807, 2.05) is 12.3 Å². The summed E-state index contributed by atoms with van der Waals surface area (Å²) in [6.07, 6.45) is 7.49. The second-order valence-electron chi connectivity index (χ2n) is 5.62. The first-order chi connectivity index (χ1) is 9.75. The molecular weight excluding hydrogens is 253 g/mol. The fourth-order valence-electron chi connectivity index (χ4n) is 3.12. The first kappa shape index (κ1) is 13.3. The van der Waals surface area contributed by atoms with E-state index in [1.165, 1.54) is 0 Å². The van der Waals surface area contributed by atoms with Crippen LogP contribution in [0.3, 0.4) is 0 Å². The number of aliphatic imine (C=N–C) groups is 1. The second-order valence-corrected chi connectivity index (χ2v) is 5.62. The summed E-state index contributed by atoms with van der Waals surface area (Å²) >= 11 is 0. The Hall–Kier alpha value is -1.68. The van der Waals surface area contributed by atoms with E-state index in [0.717, 1.165) is 37.1 Å². The highest BCUT2D eigenvalue weighted by atomic mass is 19.1. The molecule has 1 unspecified atom stereocenters. The average molecular weight is 273 g/mol. The first-order valence-corrected chi connectivity index (χ1v) is 7.17. The van der Waals surface area contributed by atoms with Gasteiger partial charge in [0, 0.05) is 29.7 Å². The third-order valence-corrected chi connectivity index (χ3v) is 4.28. The van der Waals surface area contributed by atoms with Crippen molar-refractivity contribution in [1.29, 1.82) is 0 Å². The lowest BCUT2D eigenvalue weighted by Gasteiger charge is -2.35. The van der Waals surface area contributed by atoms with Crippen molar-refractivity contribution >= 4 is 6.21 Å². The highest BCUT2D eigenvalue weighted by molar-refractivity contribution is 5.82. The summed E-state index contributed by atoms with van der Waals surface area (Å²) in [5.74, 6) is 0.318. The number of fused-ring (bicyclic) bond motifs is 1. The molecule has 1 aromatic carbocycles. The fourth-order valence-corrected chi connectivity index (χ4v) is 3.12. The Bertz CT molecular complexity index is 531. The second kappa shape index (κ2) is 5.75. The van der Waals surface area contributed by atoms with Gasteiger partial charge < -0.3 is 10.2 Å². The molecule has 0 amide bonds. The molecule has 2 aliphatic heterocycles. The van der Waals surface area contributed by atoms with Crippen LogP contribution >= 0.6 is 0 Å². The van der Waals surface area contributed by atoms with Gasteiger partial charge in [-0.15, -0.1) is 0 Å². The molecule has 3 rings (SSSR count). The minimum Gasteiger partial charge on any atom is -0.382 e. The summed E-state index contributed by atoms with van der Waals surface area (Å²) in [7, 11) is 2.14. The van der Waals surface area contributed by atoms with Crippen LogP contribution in [0.1, 0.15) is 30.0 Å². The third-order valence-electron chi connectivity index (χ3n) is 4.28. The average Bonchev–Trinajstić information content (AvgIpc) is 2.42. The predicted octanol–water partition coefficient (Wildman–Crippen LogP) is 2.70. The van der Waals surface area contributed by atoms with Gasteiger partial charge in [0.15, 0.2) is 0 Å². The van der Waals surface area contributed by atoms with Gasteiger partial charge in [0.2, 0.25) is 0 Å². The van der Waals surface area contributed by atoms with E-state index in [2.05, 4.69) is 22.3 Å². The van der Waals surface area contributed by atoms with Crippen LogP contribution in [0.25, 0.3) is 0 Å². The van der Waals surface area contributed by atoms with E-state index >= 15 is 0 Å². The van der Waals surface area contributed by atoms with Gasteiger partial charge in [-0.1, -0.05) is 12.1 Å². The minimum absolute atomic E-state index is 0.0305. The summed E-state index contributed by atoms with van der Waals surface area (Å²) in [5, 5.41) is 3.35. The lowest BCUT2D eigenvalue weighted by atomic mass is 9.83. The number of hydrogen-bond donors (Lipinski definition) is 1. The molecule has 2 aliphatic rings. The minimum atomic E-state index is -0.138. The molecule has 0 radical (unpaired) electrons. The van der Waals surface area contributed by atoms with Crippen LogP contribution in [0.5, 0.6) is 0 Å². The highest BCUT2D eigenvalue weighted by Gasteiger charge is 2.29.